The minimum atomic E-state index is 0.715. The molecular weight excluding hydrogens is 222 g/mol. The van der Waals surface area contributed by atoms with Crippen molar-refractivity contribution in [2.75, 3.05) is 13.7 Å². The molecule has 0 aromatic heterocycles. The SMILES string of the molecule is CNCc1cccc(Cl)c1OCC1CCC1. The van der Waals surface area contributed by atoms with Crippen molar-refractivity contribution in [3.8, 4) is 5.75 Å². The van der Waals surface area contributed by atoms with Crippen molar-refractivity contribution in [3.05, 3.63) is 28.8 Å². The average molecular weight is 240 g/mol. The molecule has 0 spiro atoms. The Morgan fingerprint density at radius 3 is 2.88 bits per heavy atom. The van der Waals surface area contributed by atoms with Crippen LogP contribution in [0.25, 0.3) is 0 Å². The van der Waals surface area contributed by atoms with Crippen LogP contribution in [0.5, 0.6) is 5.75 Å². The van der Waals surface area contributed by atoms with Gasteiger partial charge in [0.1, 0.15) is 5.75 Å². The highest BCUT2D eigenvalue weighted by molar-refractivity contribution is 6.32. The quantitative estimate of drug-likeness (QED) is 0.852. The summed E-state index contributed by atoms with van der Waals surface area (Å²) in [5.41, 5.74) is 1.13. The molecule has 0 saturated heterocycles. The summed E-state index contributed by atoms with van der Waals surface area (Å²) >= 11 is 6.16. The Kier molecular flexibility index (Phi) is 4.08. The van der Waals surface area contributed by atoms with Crippen LogP contribution in [0.3, 0.4) is 0 Å². The Hall–Kier alpha value is -0.730. The van der Waals surface area contributed by atoms with Crippen LogP contribution in [0.1, 0.15) is 24.8 Å². The largest absolute Gasteiger partial charge is 0.491 e. The molecule has 1 N–H and O–H groups in total. The van der Waals surface area contributed by atoms with E-state index in [0.29, 0.717) is 5.02 Å². The van der Waals surface area contributed by atoms with Crippen LogP contribution in [0.15, 0.2) is 18.2 Å². The lowest BCUT2D eigenvalue weighted by atomic mass is 9.86. The number of para-hydroxylation sites is 1. The van der Waals surface area contributed by atoms with Crippen LogP contribution in [-0.4, -0.2) is 13.7 Å². The molecule has 16 heavy (non-hydrogen) atoms. The van der Waals surface area contributed by atoms with Gasteiger partial charge in [-0.2, -0.15) is 0 Å². The number of hydrogen-bond acceptors (Lipinski definition) is 2. The maximum Gasteiger partial charge on any atom is 0.142 e. The van der Waals surface area contributed by atoms with Gasteiger partial charge < -0.3 is 10.1 Å². The monoisotopic (exact) mass is 239 g/mol. The van der Waals surface area contributed by atoms with Crippen LogP contribution in [0.4, 0.5) is 0 Å². The summed E-state index contributed by atoms with van der Waals surface area (Å²) in [5.74, 6) is 1.59. The molecule has 1 aliphatic rings. The summed E-state index contributed by atoms with van der Waals surface area (Å²) in [5, 5.41) is 3.84. The van der Waals surface area contributed by atoms with Gasteiger partial charge in [0.25, 0.3) is 0 Å². The van der Waals surface area contributed by atoms with Gasteiger partial charge >= 0.3 is 0 Å². The Bertz CT molecular complexity index is 350. The number of halogens is 1. The molecule has 88 valence electrons. The molecule has 1 aromatic carbocycles. The van der Waals surface area contributed by atoms with E-state index >= 15 is 0 Å². The molecule has 0 radical (unpaired) electrons. The molecule has 3 heteroatoms. The molecule has 0 unspecified atom stereocenters. The lowest BCUT2D eigenvalue weighted by Gasteiger charge is -2.26. The van der Waals surface area contributed by atoms with Gasteiger partial charge in [-0.25, -0.2) is 0 Å². The zero-order valence-corrected chi connectivity index (χ0v) is 10.4. The zero-order valence-electron chi connectivity index (χ0n) is 9.63. The van der Waals surface area contributed by atoms with Crippen molar-refractivity contribution >= 4 is 11.6 Å². The Labute approximate surface area is 102 Å². The summed E-state index contributed by atoms with van der Waals surface area (Å²) < 4.78 is 5.85. The van der Waals surface area contributed by atoms with Crippen LogP contribution >= 0.6 is 11.6 Å². The highest BCUT2D eigenvalue weighted by Gasteiger charge is 2.19. The van der Waals surface area contributed by atoms with E-state index in [4.69, 9.17) is 16.3 Å². The van der Waals surface area contributed by atoms with Crippen molar-refractivity contribution in [3.63, 3.8) is 0 Å². The standard InChI is InChI=1S/C13H18ClNO/c1-15-8-11-6-3-7-12(14)13(11)16-9-10-4-2-5-10/h3,6-7,10,15H,2,4-5,8-9H2,1H3. The summed E-state index contributed by atoms with van der Waals surface area (Å²) in [6.45, 7) is 1.60. The summed E-state index contributed by atoms with van der Waals surface area (Å²) in [4.78, 5) is 0. The van der Waals surface area contributed by atoms with Gasteiger partial charge in [0.15, 0.2) is 0 Å². The summed E-state index contributed by atoms with van der Waals surface area (Å²) in [6, 6.07) is 5.90. The molecule has 2 rings (SSSR count). The van der Waals surface area contributed by atoms with E-state index in [1.54, 1.807) is 0 Å². The molecule has 1 aromatic rings. The minimum absolute atomic E-state index is 0.715. The normalized spacial score (nSPS) is 15.9. The van der Waals surface area contributed by atoms with Crippen LogP contribution in [0, 0.1) is 5.92 Å². The fraction of sp³-hybridized carbons (Fsp3) is 0.538. The summed E-state index contributed by atoms with van der Waals surface area (Å²) in [6.07, 6.45) is 3.94. The number of nitrogens with one attached hydrogen (secondary N) is 1. The van der Waals surface area contributed by atoms with Crippen molar-refractivity contribution in [2.24, 2.45) is 5.92 Å². The third kappa shape index (κ3) is 2.69. The molecule has 0 amide bonds. The Morgan fingerprint density at radius 1 is 1.44 bits per heavy atom. The molecule has 2 nitrogen and oxygen atoms in total. The van der Waals surface area contributed by atoms with Crippen LogP contribution in [0.2, 0.25) is 5.02 Å². The Balaban J connectivity index is 2.03. The number of hydrogen-bond donors (Lipinski definition) is 1. The van der Waals surface area contributed by atoms with E-state index in [1.807, 2.05) is 19.2 Å². The molecule has 1 saturated carbocycles. The van der Waals surface area contributed by atoms with Gasteiger partial charge in [0, 0.05) is 12.1 Å². The van der Waals surface area contributed by atoms with Gasteiger partial charge in [-0.05, 0) is 31.9 Å². The van der Waals surface area contributed by atoms with Gasteiger partial charge in [0.2, 0.25) is 0 Å². The van der Waals surface area contributed by atoms with Crippen LogP contribution < -0.4 is 10.1 Å². The first-order valence-corrected chi connectivity index (χ1v) is 6.24. The Morgan fingerprint density at radius 2 is 2.25 bits per heavy atom. The van der Waals surface area contributed by atoms with Crippen molar-refractivity contribution < 1.29 is 4.74 Å². The second kappa shape index (κ2) is 5.55. The molecule has 1 aliphatic carbocycles. The molecule has 0 atom stereocenters. The van der Waals surface area contributed by atoms with Crippen molar-refractivity contribution in [1.82, 2.24) is 5.32 Å². The molecule has 0 heterocycles. The zero-order chi connectivity index (χ0) is 11.4. The maximum atomic E-state index is 6.16. The molecule has 1 fully saturated rings. The molecule has 0 bridgehead atoms. The van der Waals surface area contributed by atoms with E-state index in [-0.39, 0.29) is 0 Å². The van der Waals surface area contributed by atoms with Crippen LogP contribution in [-0.2, 0) is 6.54 Å². The minimum Gasteiger partial charge on any atom is -0.491 e. The first-order valence-electron chi connectivity index (χ1n) is 5.86. The lowest BCUT2D eigenvalue weighted by molar-refractivity contribution is 0.179. The topological polar surface area (TPSA) is 21.3 Å². The van der Waals surface area contributed by atoms with Gasteiger partial charge in [-0.1, -0.05) is 30.2 Å². The van der Waals surface area contributed by atoms with Crippen molar-refractivity contribution in [1.29, 1.82) is 0 Å². The fourth-order valence-electron chi connectivity index (χ4n) is 1.91. The lowest BCUT2D eigenvalue weighted by Crippen LogP contribution is -2.20. The van der Waals surface area contributed by atoms with E-state index < -0.39 is 0 Å². The van der Waals surface area contributed by atoms with E-state index in [1.165, 1.54) is 19.3 Å². The van der Waals surface area contributed by atoms with Crippen molar-refractivity contribution in [2.45, 2.75) is 25.8 Å². The number of benzene rings is 1. The molecular formula is C13H18ClNO. The van der Waals surface area contributed by atoms with Gasteiger partial charge in [-0.3, -0.25) is 0 Å². The van der Waals surface area contributed by atoms with E-state index in [9.17, 15) is 0 Å². The first-order chi connectivity index (χ1) is 7.81. The van der Waals surface area contributed by atoms with Gasteiger partial charge in [0.05, 0.1) is 11.6 Å². The smallest absolute Gasteiger partial charge is 0.142 e. The summed E-state index contributed by atoms with van der Waals surface area (Å²) in [7, 11) is 1.93. The number of rotatable bonds is 5. The highest BCUT2D eigenvalue weighted by Crippen LogP contribution is 2.32. The number of ether oxygens (including phenoxy) is 1. The second-order valence-electron chi connectivity index (χ2n) is 4.37. The molecule has 0 aliphatic heterocycles. The van der Waals surface area contributed by atoms with E-state index in [2.05, 4.69) is 11.4 Å². The average Bonchev–Trinajstić information content (AvgIpc) is 2.20. The third-order valence-electron chi connectivity index (χ3n) is 3.10. The first kappa shape index (κ1) is 11.7. The maximum absolute atomic E-state index is 6.16. The fourth-order valence-corrected chi connectivity index (χ4v) is 2.15. The van der Waals surface area contributed by atoms with E-state index in [0.717, 1.165) is 30.4 Å². The predicted octanol–water partition coefficient (Wildman–Crippen LogP) is 3.24. The third-order valence-corrected chi connectivity index (χ3v) is 3.40. The van der Waals surface area contributed by atoms with Gasteiger partial charge in [-0.15, -0.1) is 0 Å². The second-order valence-corrected chi connectivity index (χ2v) is 4.77. The highest BCUT2D eigenvalue weighted by atomic mass is 35.5. The predicted molar refractivity (Wildman–Crippen MR) is 67.1 cm³/mol.